The molecule has 12 nitrogen and oxygen atoms in total. The van der Waals surface area contributed by atoms with Gasteiger partial charge >= 0.3 is 5.97 Å². The number of aromatic nitrogens is 4. The molecule has 0 unspecified atom stereocenters. The number of aliphatic hydroxyl groups is 2. The highest BCUT2D eigenvalue weighted by Gasteiger charge is 2.50. The zero-order chi connectivity index (χ0) is 19.0. The molecule has 5 atom stereocenters. The monoisotopic (exact) mass is 366 g/mol. The van der Waals surface area contributed by atoms with Crippen LogP contribution < -0.4 is 11.5 Å². The molecule has 0 radical (unpaired) electrons. The van der Waals surface area contributed by atoms with Crippen molar-refractivity contribution in [1.82, 2.24) is 19.5 Å². The average Bonchev–Trinajstić information content (AvgIpc) is 3.15. The molecule has 1 saturated heterocycles. The lowest BCUT2D eigenvalue weighted by molar-refractivity contribution is -0.141. The first kappa shape index (κ1) is 18.1. The highest BCUT2D eigenvalue weighted by Crippen LogP contribution is 2.37. The molecule has 2 aromatic heterocycles. The van der Waals surface area contributed by atoms with Crippen molar-refractivity contribution < 1.29 is 29.6 Å². The number of ketones is 1. The Hall–Kier alpha value is -2.67. The Balaban J connectivity index is 2.01. The Morgan fingerprint density at radius 3 is 2.73 bits per heavy atom. The van der Waals surface area contributed by atoms with Gasteiger partial charge in [-0.05, 0) is 0 Å². The number of aliphatic hydroxyl groups excluding tert-OH is 2. The number of nitrogens with two attached hydrogens (primary N) is 2. The van der Waals surface area contributed by atoms with Gasteiger partial charge in [0.2, 0.25) is 0 Å². The Kier molecular flexibility index (Phi) is 4.82. The van der Waals surface area contributed by atoms with Gasteiger partial charge in [-0.1, -0.05) is 0 Å². The minimum absolute atomic E-state index is 0.122. The maximum atomic E-state index is 12.7. The first-order chi connectivity index (χ1) is 12.3. The summed E-state index contributed by atoms with van der Waals surface area (Å²) in [6.45, 7) is -0.542. The summed E-state index contributed by atoms with van der Waals surface area (Å²) in [5, 5.41) is 28.6. The SMILES string of the molecule is Nc1ncnc2c1ncn2[C@@H]1O[C@H](CO)[C@@H](O)[C@H]1C(=O)[C@@H](N)CC(=O)O. The van der Waals surface area contributed by atoms with E-state index in [0.717, 1.165) is 0 Å². The van der Waals surface area contributed by atoms with Crippen LogP contribution in [-0.4, -0.2) is 71.4 Å². The quantitative estimate of drug-likeness (QED) is 0.366. The number of nitrogen functional groups attached to an aromatic ring is 1. The molecule has 0 saturated carbocycles. The predicted octanol–water partition coefficient (Wildman–Crippen LogP) is -2.35. The summed E-state index contributed by atoms with van der Waals surface area (Å²) in [6, 6.07) is -1.34. The van der Waals surface area contributed by atoms with Crippen LogP contribution in [0.1, 0.15) is 12.6 Å². The number of anilines is 1. The fourth-order valence-corrected chi connectivity index (χ4v) is 3.03. The minimum Gasteiger partial charge on any atom is -0.481 e. The first-order valence-corrected chi connectivity index (χ1v) is 7.73. The molecular weight excluding hydrogens is 348 g/mol. The zero-order valence-electron chi connectivity index (χ0n) is 13.5. The van der Waals surface area contributed by atoms with Crippen molar-refractivity contribution in [3.05, 3.63) is 12.7 Å². The Labute approximate surface area is 146 Å². The van der Waals surface area contributed by atoms with Crippen molar-refractivity contribution >= 4 is 28.7 Å². The van der Waals surface area contributed by atoms with Crippen LogP contribution in [0.4, 0.5) is 5.82 Å². The van der Waals surface area contributed by atoms with Gasteiger partial charge in [-0.15, -0.1) is 0 Å². The maximum Gasteiger partial charge on any atom is 0.305 e. The van der Waals surface area contributed by atoms with Gasteiger partial charge < -0.3 is 31.5 Å². The number of rotatable bonds is 6. The highest BCUT2D eigenvalue weighted by molar-refractivity contribution is 5.90. The highest BCUT2D eigenvalue weighted by atomic mass is 16.5. The molecule has 7 N–H and O–H groups in total. The second-order valence-electron chi connectivity index (χ2n) is 5.95. The predicted molar refractivity (Wildman–Crippen MR) is 85.5 cm³/mol. The number of aliphatic carboxylic acids is 1. The van der Waals surface area contributed by atoms with Crippen LogP contribution in [-0.2, 0) is 14.3 Å². The van der Waals surface area contributed by atoms with Gasteiger partial charge in [0.15, 0.2) is 17.2 Å². The number of carbonyl (C=O) groups is 2. The number of ether oxygens (including phenoxy) is 1. The smallest absolute Gasteiger partial charge is 0.305 e. The van der Waals surface area contributed by atoms with E-state index in [4.69, 9.17) is 21.3 Å². The first-order valence-electron chi connectivity index (χ1n) is 7.73. The summed E-state index contributed by atoms with van der Waals surface area (Å²) in [7, 11) is 0. The summed E-state index contributed by atoms with van der Waals surface area (Å²) in [5.41, 5.74) is 11.9. The minimum atomic E-state index is -1.38. The van der Waals surface area contributed by atoms with Crippen molar-refractivity contribution in [2.45, 2.75) is 30.9 Å². The Morgan fingerprint density at radius 1 is 1.35 bits per heavy atom. The maximum absolute atomic E-state index is 12.7. The second-order valence-corrected chi connectivity index (χ2v) is 5.95. The second kappa shape index (κ2) is 6.92. The van der Waals surface area contributed by atoms with Gasteiger partial charge in [0.05, 0.1) is 37.4 Å². The molecule has 140 valence electrons. The third kappa shape index (κ3) is 2.99. The topological polar surface area (TPSA) is 200 Å². The van der Waals surface area contributed by atoms with E-state index in [1.54, 1.807) is 0 Å². The van der Waals surface area contributed by atoms with Crippen molar-refractivity contribution in [2.24, 2.45) is 11.7 Å². The third-order valence-corrected chi connectivity index (χ3v) is 4.30. The van der Waals surface area contributed by atoms with Crippen molar-refractivity contribution in [2.75, 3.05) is 12.3 Å². The van der Waals surface area contributed by atoms with Gasteiger partial charge in [0.1, 0.15) is 24.2 Å². The molecular formula is C14H18N6O6. The number of Topliss-reactive ketones (excluding diaryl/α,β-unsaturated/α-hetero) is 1. The summed E-state index contributed by atoms with van der Waals surface area (Å²) >= 11 is 0. The summed E-state index contributed by atoms with van der Waals surface area (Å²) < 4.78 is 6.98. The number of carboxylic acids is 1. The van der Waals surface area contributed by atoms with Gasteiger partial charge in [0.25, 0.3) is 0 Å². The molecule has 12 heteroatoms. The lowest BCUT2D eigenvalue weighted by Gasteiger charge is -2.22. The zero-order valence-corrected chi connectivity index (χ0v) is 13.5. The molecule has 0 amide bonds. The van der Waals surface area contributed by atoms with Crippen LogP contribution in [0.2, 0.25) is 0 Å². The summed E-state index contributed by atoms with van der Waals surface area (Å²) in [4.78, 5) is 35.5. The standard InChI is InChI=1S/C14H18N6O6/c15-5(1-7(22)23)10(24)8-11(25)6(2-21)26-14(8)20-4-19-9-12(16)17-3-18-13(9)20/h3-6,8,11,14,21,25H,1-2,15H2,(H,22,23)(H2,16,17,18)/t5-,6+,8+,11+,14+/m0/s1. The molecule has 0 aliphatic carbocycles. The number of carbonyl (C=O) groups excluding carboxylic acids is 1. The van der Waals surface area contributed by atoms with E-state index in [9.17, 15) is 19.8 Å². The third-order valence-electron chi connectivity index (χ3n) is 4.30. The van der Waals surface area contributed by atoms with Crippen LogP contribution in [0.3, 0.4) is 0 Å². The van der Waals surface area contributed by atoms with Crippen molar-refractivity contribution in [3.8, 4) is 0 Å². The van der Waals surface area contributed by atoms with Crippen molar-refractivity contribution in [1.29, 1.82) is 0 Å². The molecule has 0 aromatic carbocycles. The van der Waals surface area contributed by atoms with E-state index in [2.05, 4.69) is 15.0 Å². The number of imidazole rings is 1. The number of hydrogen-bond acceptors (Lipinski definition) is 10. The molecule has 1 fully saturated rings. The van der Waals surface area contributed by atoms with E-state index < -0.39 is 55.2 Å². The lowest BCUT2D eigenvalue weighted by Crippen LogP contribution is -2.44. The van der Waals surface area contributed by atoms with Crippen LogP contribution in [0, 0.1) is 5.92 Å². The molecule has 3 rings (SSSR count). The molecule has 0 spiro atoms. The summed E-state index contributed by atoms with van der Waals surface area (Å²) in [6.07, 6.45) is -1.60. The van der Waals surface area contributed by atoms with Crippen LogP contribution >= 0.6 is 0 Å². The largest absolute Gasteiger partial charge is 0.481 e. The van der Waals surface area contributed by atoms with E-state index in [1.165, 1.54) is 17.2 Å². The fourth-order valence-electron chi connectivity index (χ4n) is 3.03. The van der Waals surface area contributed by atoms with Gasteiger partial charge in [0, 0.05) is 0 Å². The fraction of sp³-hybridized carbons (Fsp3) is 0.500. The number of hydrogen-bond donors (Lipinski definition) is 5. The van der Waals surface area contributed by atoms with Crippen molar-refractivity contribution in [3.63, 3.8) is 0 Å². The molecule has 0 bridgehead atoms. The number of nitrogens with zero attached hydrogens (tertiary/aromatic N) is 4. The molecule has 1 aliphatic heterocycles. The molecule has 1 aliphatic rings. The van der Waals surface area contributed by atoms with Gasteiger partial charge in [-0.25, -0.2) is 15.0 Å². The van der Waals surface area contributed by atoms with Crippen LogP contribution in [0.25, 0.3) is 11.2 Å². The number of carboxylic acid groups (broad SMARTS) is 1. The van der Waals surface area contributed by atoms with Crippen LogP contribution in [0.15, 0.2) is 12.7 Å². The van der Waals surface area contributed by atoms with Gasteiger partial charge in [-0.2, -0.15) is 0 Å². The number of fused-ring (bicyclic) bond motifs is 1. The Morgan fingerprint density at radius 2 is 2.08 bits per heavy atom. The summed E-state index contributed by atoms with van der Waals surface area (Å²) in [5.74, 6) is -3.04. The van der Waals surface area contributed by atoms with E-state index in [-0.39, 0.29) is 17.0 Å². The average molecular weight is 366 g/mol. The Bertz CT molecular complexity index is 840. The van der Waals surface area contributed by atoms with E-state index in [1.807, 2.05) is 0 Å². The van der Waals surface area contributed by atoms with Crippen LogP contribution in [0.5, 0.6) is 0 Å². The molecule has 2 aromatic rings. The normalized spacial score (nSPS) is 26.9. The van der Waals surface area contributed by atoms with Gasteiger partial charge in [-0.3, -0.25) is 14.2 Å². The van der Waals surface area contributed by atoms with E-state index in [0.29, 0.717) is 0 Å². The van der Waals surface area contributed by atoms with E-state index >= 15 is 0 Å². The lowest BCUT2D eigenvalue weighted by atomic mass is 9.90. The molecule has 26 heavy (non-hydrogen) atoms. The molecule has 3 heterocycles.